The number of nitrogens with zero attached hydrogens (tertiary/aromatic N) is 5. The summed E-state index contributed by atoms with van der Waals surface area (Å²) in [6, 6.07) is 6.98. The van der Waals surface area contributed by atoms with Crippen LogP contribution in [0.3, 0.4) is 0 Å². The Kier molecular flexibility index (Phi) is 6.77. The Labute approximate surface area is 245 Å². The molecule has 3 heterocycles. The van der Waals surface area contributed by atoms with E-state index in [-0.39, 0.29) is 58.9 Å². The van der Waals surface area contributed by atoms with Gasteiger partial charge in [0.25, 0.3) is 0 Å². The number of aromatic hydroxyl groups is 1. The highest BCUT2D eigenvalue weighted by atomic mass is 35.5. The number of aromatic nitrogens is 3. The number of carbonyl (C=O) groups is 1. The number of hydrogen-bond acceptors (Lipinski definition) is 6. The third-order valence-corrected chi connectivity index (χ3v) is 8.25. The van der Waals surface area contributed by atoms with Gasteiger partial charge in [-0.05, 0) is 37.3 Å². The monoisotopic (exact) mass is 645 g/mol. The second-order valence-electron chi connectivity index (χ2n) is 9.87. The van der Waals surface area contributed by atoms with Crippen LogP contribution in [0.4, 0.5) is 29.6 Å². The summed E-state index contributed by atoms with van der Waals surface area (Å²) >= 11 is 6.45. The van der Waals surface area contributed by atoms with E-state index < -0.39 is 55.0 Å². The Hall–Kier alpha value is -4.24. The Morgan fingerprint density at radius 1 is 1.00 bits per heavy atom. The number of rotatable bonds is 5. The number of fused-ring (bicyclic) bond motifs is 1. The molecule has 4 aromatic rings. The zero-order valence-corrected chi connectivity index (χ0v) is 23.8. The largest absolute Gasteiger partial charge is 0.507 e. The smallest absolute Gasteiger partial charge is 0.355 e. The number of halogens is 7. The number of anilines is 1. The molecule has 16 heteroatoms. The van der Waals surface area contributed by atoms with E-state index in [2.05, 4.69) is 16.5 Å². The summed E-state index contributed by atoms with van der Waals surface area (Å²) in [5.41, 5.74) is -3.94. The molecule has 1 aliphatic rings. The Balaban J connectivity index is 1.81. The van der Waals surface area contributed by atoms with Gasteiger partial charge in [0, 0.05) is 31.8 Å². The fourth-order valence-corrected chi connectivity index (χ4v) is 5.98. The van der Waals surface area contributed by atoms with Gasteiger partial charge in [-0.1, -0.05) is 55.8 Å². The van der Waals surface area contributed by atoms with E-state index in [1.807, 2.05) is 0 Å². The van der Waals surface area contributed by atoms with Gasteiger partial charge in [0.15, 0.2) is 5.65 Å². The maximum absolute atomic E-state index is 14.8. The molecule has 0 unspecified atom stereocenters. The van der Waals surface area contributed by atoms with Gasteiger partial charge in [0.05, 0.1) is 27.4 Å². The zero-order chi connectivity index (χ0) is 31.5. The van der Waals surface area contributed by atoms with Crippen molar-refractivity contribution in [1.29, 1.82) is 0 Å². The Bertz CT molecular complexity index is 1870. The Morgan fingerprint density at radius 3 is 2.26 bits per heavy atom. The zero-order valence-electron chi connectivity index (χ0n) is 22.2. The van der Waals surface area contributed by atoms with Crippen molar-refractivity contribution >= 4 is 44.6 Å². The molecule has 8 nitrogen and oxygen atoms in total. The van der Waals surface area contributed by atoms with Crippen LogP contribution in [0.15, 0.2) is 70.4 Å². The van der Waals surface area contributed by atoms with E-state index in [9.17, 15) is 38.5 Å². The highest BCUT2D eigenvalue weighted by molar-refractivity contribution is 8.45. The van der Waals surface area contributed by atoms with E-state index >= 15 is 0 Å². The molecule has 1 N–H and O–H groups in total. The summed E-state index contributed by atoms with van der Waals surface area (Å²) < 4.78 is 85.9. The van der Waals surface area contributed by atoms with Gasteiger partial charge < -0.3 is 14.9 Å². The van der Waals surface area contributed by atoms with Gasteiger partial charge in [-0.15, -0.1) is 0 Å². The molecule has 1 aliphatic heterocycles. The second kappa shape index (κ2) is 9.64. The van der Waals surface area contributed by atoms with Gasteiger partial charge in [0.1, 0.15) is 22.3 Å². The third-order valence-electron chi connectivity index (χ3n) is 6.78. The first-order valence-corrected chi connectivity index (χ1v) is 14.8. The number of benzene rings is 2. The minimum Gasteiger partial charge on any atom is -0.507 e. The lowest BCUT2D eigenvalue weighted by atomic mass is 10.1. The normalized spacial score (nSPS) is 15.7. The molecule has 0 saturated carbocycles. The topological polar surface area (TPSA) is 91.6 Å². The lowest BCUT2D eigenvalue weighted by Gasteiger charge is -2.41. The minimum absolute atomic E-state index is 0.0952. The lowest BCUT2D eigenvalue weighted by Crippen LogP contribution is -2.49. The molecule has 43 heavy (non-hydrogen) atoms. The van der Waals surface area contributed by atoms with Crippen LogP contribution in [0.5, 0.6) is 5.75 Å². The summed E-state index contributed by atoms with van der Waals surface area (Å²) in [4.78, 5) is 34.7. The molecule has 0 radical (unpaired) electrons. The first-order chi connectivity index (χ1) is 19.9. The predicted octanol–water partition coefficient (Wildman–Crippen LogP) is 6.83. The highest BCUT2D eigenvalue weighted by Crippen LogP contribution is 3.02. The molecule has 5 rings (SSSR count). The summed E-state index contributed by atoms with van der Waals surface area (Å²) in [6.45, 7) is 5.77. The average molecular weight is 646 g/mol. The quantitative estimate of drug-likeness (QED) is 0.189. The fraction of sp³-hybridized carbons (Fsp3) is 0.185. The van der Waals surface area contributed by atoms with Gasteiger partial charge in [0.2, 0.25) is 5.91 Å². The van der Waals surface area contributed by atoms with E-state index in [1.165, 1.54) is 11.0 Å². The van der Waals surface area contributed by atoms with Crippen molar-refractivity contribution in [2.45, 2.75) is 11.8 Å². The maximum atomic E-state index is 14.8. The van der Waals surface area contributed by atoms with Crippen molar-refractivity contribution in [3.8, 4) is 22.7 Å². The van der Waals surface area contributed by atoms with Crippen LogP contribution in [0, 0.1) is 5.82 Å². The molecule has 1 amide bonds. The first kappa shape index (κ1) is 30.2. The molecule has 0 bridgehead atoms. The molecule has 0 atom stereocenters. The number of phenols is 1. The van der Waals surface area contributed by atoms with Crippen molar-refractivity contribution in [3.63, 3.8) is 0 Å². The van der Waals surface area contributed by atoms with Gasteiger partial charge in [-0.25, -0.2) is 18.7 Å². The number of para-hydroxylation sites is 1. The summed E-state index contributed by atoms with van der Waals surface area (Å²) in [7, 11) is -10.4. The van der Waals surface area contributed by atoms with E-state index in [0.717, 1.165) is 30.3 Å². The number of piperazine rings is 1. The maximum Gasteiger partial charge on any atom is 0.355 e. The van der Waals surface area contributed by atoms with Crippen LogP contribution in [-0.4, -0.2) is 56.6 Å². The van der Waals surface area contributed by atoms with Crippen LogP contribution < -0.4 is 10.6 Å². The van der Waals surface area contributed by atoms with Crippen molar-refractivity contribution in [2.24, 2.45) is 0 Å². The van der Waals surface area contributed by atoms with Gasteiger partial charge in [-0.3, -0.25) is 4.79 Å². The molecule has 228 valence electrons. The molecule has 1 saturated heterocycles. The first-order valence-electron chi connectivity index (χ1n) is 12.5. The van der Waals surface area contributed by atoms with Crippen LogP contribution in [-0.2, 0) is 4.79 Å². The SMILES string of the molecule is C=C(C)C(=O)N1CCN(c2nc(=O)n(-c3ccccc3S(F)(F)(F)(F)F)c3nc(-c4c(O)cccc4F)c(Cl)cc23)CC1. The molecule has 1 fully saturated rings. The average Bonchev–Trinajstić information content (AvgIpc) is 2.91. The van der Waals surface area contributed by atoms with Gasteiger partial charge >= 0.3 is 15.9 Å². The summed E-state index contributed by atoms with van der Waals surface area (Å²) in [6.07, 6.45) is 0. The van der Waals surface area contributed by atoms with Crippen LogP contribution in [0.25, 0.3) is 28.0 Å². The van der Waals surface area contributed by atoms with Crippen LogP contribution in [0.1, 0.15) is 6.92 Å². The van der Waals surface area contributed by atoms with Crippen LogP contribution in [0.2, 0.25) is 5.02 Å². The fourth-order valence-electron chi connectivity index (χ4n) is 4.85. The minimum atomic E-state index is -10.4. The molecule has 2 aromatic carbocycles. The van der Waals surface area contributed by atoms with E-state index in [0.29, 0.717) is 11.6 Å². The molecule has 0 spiro atoms. The van der Waals surface area contributed by atoms with Gasteiger partial charge in [-0.2, -0.15) is 4.98 Å². The highest BCUT2D eigenvalue weighted by Gasteiger charge is 2.67. The van der Waals surface area contributed by atoms with Crippen molar-refractivity contribution in [2.75, 3.05) is 31.1 Å². The van der Waals surface area contributed by atoms with E-state index in [4.69, 9.17) is 11.6 Å². The lowest BCUT2D eigenvalue weighted by molar-refractivity contribution is -0.127. The Morgan fingerprint density at radius 2 is 1.65 bits per heavy atom. The number of amides is 1. The molecule has 2 aromatic heterocycles. The molecule has 0 aliphatic carbocycles. The van der Waals surface area contributed by atoms with E-state index in [1.54, 1.807) is 11.8 Å². The van der Waals surface area contributed by atoms with Crippen molar-refractivity contribution in [3.05, 3.63) is 82.0 Å². The number of pyridine rings is 1. The number of hydrogen-bond donors (Lipinski definition) is 1. The standard InChI is InChI=1S/C27H22ClF6N5O3S/c1-15(2)26(41)38-12-10-37(11-13-38)24-16-14-17(28)23(22-18(29)6-5-8-20(22)40)35-25(16)39(27(42)36-24)19-7-3-4-9-21(19)43(30,31,32,33)34/h3-9,14,40H,1,10-13H2,2H3. The third kappa shape index (κ3) is 5.61. The van der Waals surface area contributed by atoms with Crippen LogP contribution >= 0.6 is 21.8 Å². The van der Waals surface area contributed by atoms with Crippen molar-refractivity contribution in [1.82, 2.24) is 19.4 Å². The number of carbonyl (C=O) groups excluding carboxylic acids is 1. The second-order valence-corrected chi connectivity index (χ2v) is 12.7. The van der Waals surface area contributed by atoms with Crippen molar-refractivity contribution < 1.29 is 33.7 Å². The number of phenolic OH excluding ortho intramolecular Hbond substituents is 1. The predicted molar refractivity (Wildman–Crippen MR) is 152 cm³/mol. The summed E-state index contributed by atoms with van der Waals surface area (Å²) in [5.74, 6) is -2.01. The molecular formula is C27H22ClF6N5O3S. The molecular weight excluding hydrogens is 624 g/mol. The summed E-state index contributed by atoms with van der Waals surface area (Å²) in [5, 5.41) is 9.95.